The fraction of sp³-hybridized carbons (Fsp3) is 0.938. The van der Waals surface area contributed by atoms with Gasteiger partial charge in [-0.1, -0.05) is 20.8 Å². The number of hydrogen-bond donors (Lipinski definition) is 1. The number of amides is 1. The molecule has 0 aromatic rings. The molecular formula is C16H34N2O3Si. The molecule has 1 heterocycles. The van der Waals surface area contributed by atoms with Gasteiger partial charge in [-0.05, 0) is 45.3 Å². The number of carbonyl (C=O) groups is 1. The van der Waals surface area contributed by atoms with Gasteiger partial charge >= 0.3 is 6.09 Å². The summed E-state index contributed by atoms with van der Waals surface area (Å²) in [5.41, 5.74) is 5.44. The first-order chi connectivity index (χ1) is 9.78. The van der Waals surface area contributed by atoms with Crippen molar-refractivity contribution in [3.63, 3.8) is 0 Å². The van der Waals surface area contributed by atoms with E-state index in [4.69, 9.17) is 14.9 Å². The van der Waals surface area contributed by atoms with Crippen LogP contribution in [0.2, 0.25) is 18.1 Å². The number of hydrogen-bond acceptors (Lipinski definition) is 4. The van der Waals surface area contributed by atoms with Crippen LogP contribution in [0.25, 0.3) is 0 Å². The maximum atomic E-state index is 12.3. The average molecular weight is 331 g/mol. The molecule has 2 N–H and O–H groups in total. The number of carbonyl (C=O) groups excluding carboxylic acids is 1. The Morgan fingerprint density at radius 3 is 2.18 bits per heavy atom. The molecule has 1 rings (SSSR count). The van der Waals surface area contributed by atoms with Crippen molar-refractivity contribution < 1.29 is 14.0 Å². The van der Waals surface area contributed by atoms with Gasteiger partial charge in [-0.25, -0.2) is 4.79 Å². The summed E-state index contributed by atoms with van der Waals surface area (Å²) in [5, 5.41) is 0.144. The van der Waals surface area contributed by atoms with Crippen molar-refractivity contribution >= 4 is 14.4 Å². The van der Waals surface area contributed by atoms with E-state index in [2.05, 4.69) is 33.9 Å². The molecule has 0 radical (unpaired) electrons. The van der Waals surface area contributed by atoms with E-state index in [0.717, 1.165) is 6.42 Å². The highest BCUT2D eigenvalue weighted by molar-refractivity contribution is 6.74. The molecule has 130 valence electrons. The summed E-state index contributed by atoms with van der Waals surface area (Å²) in [4.78, 5) is 14.1. The third-order valence-corrected chi connectivity index (χ3v) is 9.11. The van der Waals surface area contributed by atoms with E-state index in [1.54, 1.807) is 4.90 Å². The highest BCUT2D eigenvalue weighted by Crippen LogP contribution is 2.39. The van der Waals surface area contributed by atoms with E-state index in [9.17, 15) is 4.79 Å². The largest absolute Gasteiger partial charge is 0.444 e. The van der Waals surface area contributed by atoms with Gasteiger partial charge in [0.15, 0.2) is 8.32 Å². The standard InChI is InChI=1S/C16H34N2O3Si/c1-15(2,3)20-14(19)18-10-9-13(12(18)11-17)21-22(7,8)16(4,5)6/h12-13H,9-11,17H2,1-8H3/t12-,13+/m1/s1. The van der Waals surface area contributed by atoms with Gasteiger partial charge in [0.2, 0.25) is 0 Å². The molecule has 0 spiro atoms. The van der Waals surface area contributed by atoms with Crippen LogP contribution in [0.15, 0.2) is 0 Å². The van der Waals surface area contributed by atoms with Crippen LogP contribution in [0.1, 0.15) is 48.0 Å². The monoisotopic (exact) mass is 330 g/mol. The molecule has 1 fully saturated rings. The molecule has 5 nitrogen and oxygen atoms in total. The fourth-order valence-electron chi connectivity index (χ4n) is 2.34. The molecule has 0 saturated carbocycles. The van der Waals surface area contributed by atoms with E-state index in [1.807, 2.05) is 20.8 Å². The van der Waals surface area contributed by atoms with Gasteiger partial charge in [0.25, 0.3) is 0 Å². The second-order valence-corrected chi connectivity index (χ2v) is 13.4. The van der Waals surface area contributed by atoms with Crippen molar-refractivity contribution in [1.29, 1.82) is 0 Å². The maximum absolute atomic E-state index is 12.3. The van der Waals surface area contributed by atoms with E-state index < -0.39 is 13.9 Å². The lowest BCUT2D eigenvalue weighted by Gasteiger charge is -2.40. The zero-order valence-corrected chi connectivity index (χ0v) is 16.5. The Morgan fingerprint density at radius 2 is 1.77 bits per heavy atom. The Hall–Kier alpha value is -0.593. The molecule has 0 unspecified atom stereocenters. The quantitative estimate of drug-likeness (QED) is 0.806. The third-order valence-electron chi connectivity index (χ3n) is 4.61. The minimum Gasteiger partial charge on any atom is -0.444 e. The van der Waals surface area contributed by atoms with E-state index in [-0.39, 0.29) is 23.3 Å². The minimum absolute atomic E-state index is 0.0124. The summed E-state index contributed by atoms with van der Waals surface area (Å²) >= 11 is 0. The van der Waals surface area contributed by atoms with Crippen LogP contribution in [-0.2, 0) is 9.16 Å². The van der Waals surface area contributed by atoms with Crippen LogP contribution in [0.5, 0.6) is 0 Å². The van der Waals surface area contributed by atoms with Gasteiger partial charge in [0.1, 0.15) is 5.60 Å². The average Bonchev–Trinajstić information content (AvgIpc) is 2.67. The predicted molar refractivity (Wildman–Crippen MR) is 92.5 cm³/mol. The lowest BCUT2D eigenvalue weighted by Crippen LogP contribution is -2.51. The van der Waals surface area contributed by atoms with E-state index >= 15 is 0 Å². The lowest BCUT2D eigenvalue weighted by atomic mass is 10.2. The first-order valence-electron chi connectivity index (χ1n) is 8.16. The molecule has 2 atom stereocenters. The van der Waals surface area contributed by atoms with Gasteiger partial charge in [0.05, 0.1) is 12.1 Å². The molecule has 1 aliphatic heterocycles. The minimum atomic E-state index is -1.87. The van der Waals surface area contributed by atoms with Crippen molar-refractivity contribution in [1.82, 2.24) is 4.90 Å². The molecule has 0 aromatic heterocycles. The molecule has 1 aliphatic rings. The maximum Gasteiger partial charge on any atom is 0.410 e. The molecule has 0 bridgehead atoms. The number of rotatable bonds is 3. The Bertz CT molecular complexity index is 399. The van der Waals surface area contributed by atoms with Crippen LogP contribution >= 0.6 is 0 Å². The van der Waals surface area contributed by atoms with Crippen molar-refractivity contribution in [3.8, 4) is 0 Å². The summed E-state index contributed by atoms with van der Waals surface area (Å²) in [5.74, 6) is 0. The smallest absolute Gasteiger partial charge is 0.410 e. The van der Waals surface area contributed by atoms with Crippen molar-refractivity contribution in [3.05, 3.63) is 0 Å². The number of nitrogens with two attached hydrogens (primary N) is 1. The highest BCUT2D eigenvalue weighted by Gasteiger charge is 2.45. The number of ether oxygens (including phenoxy) is 1. The molecule has 6 heteroatoms. The molecule has 0 aliphatic carbocycles. The Kier molecular flexibility index (Phi) is 5.74. The van der Waals surface area contributed by atoms with Crippen LogP contribution < -0.4 is 5.73 Å². The second kappa shape index (κ2) is 6.49. The van der Waals surface area contributed by atoms with Gasteiger partial charge in [0, 0.05) is 13.1 Å². The summed E-state index contributed by atoms with van der Waals surface area (Å²) < 4.78 is 12.0. The Labute approximate surface area is 136 Å². The fourth-order valence-corrected chi connectivity index (χ4v) is 3.73. The zero-order valence-electron chi connectivity index (χ0n) is 15.5. The Morgan fingerprint density at radius 1 is 1.23 bits per heavy atom. The normalized spacial score (nSPS) is 23.8. The van der Waals surface area contributed by atoms with Crippen molar-refractivity contribution in [2.45, 2.75) is 83.8 Å². The first-order valence-corrected chi connectivity index (χ1v) is 11.1. The molecule has 0 aromatic carbocycles. The summed E-state index contributed by atoms with van der Waals surface area (Å²) in [6.07, 6.45) is 0.552. The van der Waals surface area contributed by atoms with Gasteiger partial charge in [-0.3, -0.25) is 0 Å². The van der Waals surface area contributed by atoms with Gasteiger partial charge < -0.3 is 19.8 Å². The van der Waals surface area contributed by atoms with Crippen LogP contribution in [0, 0.1) is 0 Å². The summed E-state index contributed by atoms with van der Waals surface area (Å²) in [6, 6.07) is -0.0935. The van der Waals surface area contributed by atoms with Crippen LogP contribution in [0.4, 0.5) is 4.79 Å². The van der Waals surface area contributed by atoms with E-state index in [1.165, 1.54) is 0 Å². The number of nitrogens with zero attached hydrogens (tertiary/aromatic N) is 1. The topological polar surface area (TPSA) is 64.8 Å². The third kappa shape index (κ3) is 4.70. The van der Waals surface area contributed by atoms with Gasteiger partial charge in [-0.2, -0.15) is 0 Å². The molecular weight excluding hydrogens is 296 g/mol. The Balaban J connectivity index is 2.80. The van der Waals surface area contributed by atoms with Crippen molar-refractivity contribution in [2.24, 2.45) is 5.73 Å². The van der Waals surface area contributed by atoms with E-state index in [0.29, 0.717) is 13.1 Å². The van der Waals surface area contributed by atoms with Crippen LogP contribution in [0.3, 0.4) is 0 Å². The van der Waals surface area contributed by atoms with Crippen molar-refractivity contribution in [2.75, 3.05) is 13.1 Å². The number of likely N-dealkylation sites (tertiary alicyclic amines) is 1. The van der Waals surface area contributed by atoms with Gasteiger partial charge in [-0.15, -0.1) is 0 Å². The SMILES string of the molecule is CC(C)(C)OC(=O)N1CC[C@H](O[Si](C)(C)C(C)(C)C)[C@H]1CN. The lowest BCUT2D eigenvalue weighted by molar-refractivity contribution is 0.0174. The second-order valence-electron chi connectivity index (χ2n) is 8.68. The summed E-state index contributed by atoms with van der Waals surface area (Å²) in [6.45, 7) is 17.8. The first kappa shape index (κ1) is 19.5. The molecule has 1 amide bonds. The summed E-state index contributed by atoms with van der Waals surface area (Å²) in [7, 11) is -1.87. The highest BCUT2D eigenvalue weighted by atomic mass is 28.4. The zero-order chi connectivity index (χ0) is 17.3. The molecule has 1 saturated heterocycles. The molecule has 22 heavy (non-hydrogen) atoms. The predicted octanol–water partition coefficient (Wildman–Crippen LogP) is 3.34. The van der Waals surface area contributed by atoms with Crippen LogP contribution in [-0.4, -0.2) is 50.1 Å².